The first-order valence-electron chi connectivity index (χ1n) is 8.01. The molecule has 108 valence electrons. The largest absolute Gasteiger partial charge is 0.488 e. The summed E-state index contributed by atoms with van der Waals surface area (Å²) in [6, 6.07) is 17.4. The molecule has 1 saturated carbocycles. The maximum absolute atomic E-state index is 6.06. The van der Waals surface area contributed by atoms with E-state index in [-0.39, 0.29) is 7.92 Å². The van der Waals surface area contributed by atoms with E-state index in [0.717, 1.165) is 17.8 Å². The van der Waals surface area contributed by atoms with Crippen LogP contribution in [0.2, 0.25) is 0 Å². The number of fused-ring (bicyclic) bond motifs is 1. The summed E-state index contributed by atoms with van der Waals surface area (Å²) in [6.07, 6.45) is 7.99. The van der Waals surface area contributed by atoms with Crippen LogP contribution in [0.25, 0.3) is 11.1 Å². The van der Waals surface area contributed by atoms with Crippen molar-refractivity contribution in [3.8, 4) is 16.9 Å². The second kappa shape index (κ2) is 5.81. The van der Waals surface area contributed by atoms with E-state index in [2.05, 4.69) is 48.5 Å². The Morgan fingerprint density at radius 1 is 0.857 bits per heavy atom. The van der Waals surface area contributed by atoms with Crippen LogP contribution in [0.3, 0.4) is 0 Å². The van der Waals surface area contributed by atoms with E-state index in [4.69, 9.17) is 4.74 Å². The summed E-state index contributed by atoms with van der Waals surface area (Å²) in [4.78, 5) is 0. The summed E-state index contributed by atoms with van der Waals surface area (Å²) < 4.78 is 6.06. The molecule has 2 aromatic rings. The lowest BCUT2D eigenvalue weighted by Crippen LogP contribution is -2.17. The first-order valence-corrected chi connectivity index (χ1v) is 9.61. The van der Waals surface area contributed by atoms with Gasteiger partial charge in [0, 0.05) is 5.30 Å². The molecule has 2 heteroatoms. The monoisotopic (exact) mass is 296 g/mol. The molecule has 2 aromatic carbocycles. The van der Waals surface area contributed by atoms with Crippen LogP contribution < -0.4 is 10.0 Å². The fourth-order valence-electron chi connectivity index (χ4n) is 3.67. The van der Waals surface area contributed by atoms with Gasteiger partial charge in [-0.25, -0.2) is 0 Å². The molecular formula is C19H21OP. The Morgan fingerprint density at radius 3 is 2.48 bits per heavy atom. The summed E-state index contributed by atoms with van der Waals surface area (Å²) in [6.45, 7) is 0. The number of hydrogen-bond donors (Lipinski definition) is 0. The molecule has 1 aliphatic carbocycles. The highest BCUT2D eigenvalue weighted by Crippen LogP contribution is 2.54. The SMILES string of the molecule is c1ccc(-c2cccc3c2[P@@](C2CCCCC2)CO3)cc1. The molecule has 0 N–H and O–H groups in total. The second-order valence-electron chi connectivity index (χ2n) is 6.05. The highest BCUT2D eigenvalue weighted by atomic mass is 31.1. The van der Waals surface area contributed by atoms with Crippen molar-refractivity contribution >= 4 is 13.2 Å². The zero-order valence-corrected chi connectivity index (χ0v) is 13.2. The minimum atomic E-state index is -0.146. The van der Waals surface area contributed by atoms with Crippen molar-refractivity contribution in [1.29, 1.82) is 0 Å². The third-order valence-electron chi connectivity index (χ3n) is 4.75. The van der Waals surface area contributed by atoms with Gasteiger partial charge < -0.3 is 4.74 Å². The van der Waals surface area contributed by atoms with Gasteiger partial charge in [0.2, 0.25) is 0 Å². The van der Waals surface area contributed by atoms with Crippen LogP contribution in [0.5, 0.6) is 5.75 Å². The fourth-order valence-corrected chi connectivity index (χ4v) is 6.58. The van der Waals surface area contributed by atoms with Crippen LogP contribution in [0.15, 0.2) is 48.5 Å². The predicted octanol–water partition coefficient (Wildman–Crippen LogP) is 5.14. The van der Waals surface area contributed by atoms with Gasteiger partial charge in [0.25, 0.3) is 0 Å². The molecule has 1 fully saturated rings. The first kappa shape index (κ1) is 13.3. The van der Waals surface area contributed by atoms with Crippen molar-refractivity contribution in [2.24, 2.45) is 0 Å². The zero-order valence-electron chi connectivity index (χ0n) is 12.3. The lowest BCUT2D eigenvalue weighted by Gasteiger charge is -2.27. The minimum Gasteiger partial charge on any atom is -0.488 e. The number of rotatable bonds is 2. The van der Waals surface area contributed by atoms with Gasteiger partial charge >= 0.3 is 0 Å². The van der Waals surface area contributed by atoms with Crippen molar-refractivity contribution in [2.45, 2.75) is 37.8 Å². The molecule has 0 aromatic heterocycles. The molecule has 4 rings (SSSR count). The van der Waals surface area contributed by atoms with E-state index in [1.54, 1.807) is 0 Å². The lowest BCUT2D eigenvalue weighted by atomic mass is 10.0. The Balaban J connectivity index is 1.76. The highest BCUT2D eigenvalue weighted by molar-refractivity contribution is 7.67. The van der Waals surface area contributed by atoms with Crippen molar-refractivity contribution in [3.05, 3.63) is 48.5 Å². The van der Waals surface area contributed by atoms with Crippen LogP contribution in [-0.4, -0.2) is 12.0 Å². The van der Waals surface area contributed by atoms with Crippen LogP contribution in [0, 0.1) is 0 Å². The Morgan fingerprint density at radius 2 is 1.67 bits per heavy atom. The first-order chi connectivity index (χ1) is 10.4. The number of hydrogen-bond acceptors (Lipinski definition) is 1. The average molecular weight is 296 g/mol. The van der Waals surface area contributed by atoms with Gasteiger partial charge in [-0.05, 0) is 43.6 Å². The Kier molecular flexibility index (Phi) is 3.69. The maximum atomic E-state index is 6.06. The summed E-state index contributed by atoms with van der Waals surface area (Å²) in [7, 11) is -0.146. The van der Waals surface area contributed by atoms with Gasteiger partial charge in [-0.1, -0.05) is 61.7 Å². The minimum absolute atomic E-state index is 0.146. The normalized spacial score (nSPS) is 21.8. The zero-order chi connectivity index (χ0) is 14.1. The lowest BCUT2D eigenvalue weighted by molar-refractivity contribution is 0.399. The van der Waals surface area contributed by atoms with Crippen molar-refractivity contribution in [3.63, 3.8) is 0 Å². The molecule has 1 atom stereocenters. The second-order valence-corrected chi connectivity index (χ2v) is 8.43. The molecule has 2 aliphatic rings. The molecule has 0 saturated heterocycles. The van der Waals surface area contributed by atoms with Gasteiger partial charge in [0.1, 0.15) is 12.1 Å². The van der Waals surface area contributed by atoms with Gasteiger partial charge in [-0.2, -0.15) is 0 Å². The Labute approximate surface area is 128 Å². The van der Waals surface area contributed by atoms with E-state index in [1.165, 1.54) is 48.5 Å². The molecule has 0 spiro atoms. The molecule has 0 amide bonds. The van der Waals surface area contributed by atoms with E-state index < -0.39 is 0 Å². The van der Waals surface area contributed by atoms with E-state index in [9.17, 15) is 0 Å². The quantitative estimate of drug-likeness (QED) is 0.697. The van der Waals surface area contributed by atoms with Crippen molar-refractivity contribution in [2.75, 3.05) is 6.35 Å². The summed E-state index contributed by atoms with van der Waals surface area (Å²) in [5.41, 5.74) is 3.62. The van der Waals surface area contributed by atoms with Crippen LogP contribution in [-0.2, 0) is 0 Å². The molecule has 0 radical (unpaired) electrons. The molecule has 0 unspecified atom stereocenters. The van der Waals surface area contributed by atoms with Crippen LogP contribution in [0.1, 0.15) is 32.1 Å². The van der Waals surface area contributed by atoms with Gasteiger partial charge in [0.05, 0.1) is 0 Å². The summed E-state index contributed by atoms with van der Waals surface area (Å²) in [5.74, 6) is 1.15. The topological polar surface area (TPSA) is 9.23 Å². The van der Waals surface area contributed by atoms with E-state index in [1.807, 2.05) is 0 Å². The molecule has 1 nitrogen and oxygen atoms in total. The number of benzene rings is 2. The fraction of sp³-hybridized carbons (Fsp3) is 0.368. The third kappa shape index (κ3) is 2.49. The molecule has 1 heterocycles. The molecule has 0 bridgehead atoms. The van der Waals surface area contributed by atoms with E-state index >= 15 is 0 Å². The molecule has 21 heavy (non-hydrogen) atoms. The predicted molar refractivity (Wildman–Crippen MR) is 90.8 cm³/mol. The smallest absolute Gasteiger partial charge is 0.128 e. The van der Waals surface area contributed by atoms with Gasteiger partial charge in [-0.15, -0.1) is 0 Å². The Hall–Kier alpha value is -1.33. The van der Waals surface area contributed by atoms with Crippen molar-refractivity contribution in [1.82, 2.24) is 0 Å². The molecule has 1 aliphatic heterocycles. The summed E-state index contributed by atoms with van der Waals surface area (Å²) in [5, 5.41) is 1.53. The maximum Gasteiger partial charge on any atom is 0.128 e. The van der Waals surface area contributed by atoms with E-state index in [0.29, 0.717) is 0 Å². The molecular weight excluding hydrogens is 275 g/mol. The number of ether oxygens (including phenoxy) is 1. The van der Waals surface area contributed by atoms with Gasteiger partial charge in [-0.3, -0.25) is 0 Å². The standard InChI is InChI=1S/C19H21OP/c1-3-8-15(9-4-1)17-12-7-13-18-19(17)21(14-20-18)16-10-5-2-6-11-16/h1,3-4,7-9,12-13,16H,2,5-6,10-11,14H2/t21-/m1/s1. The van der Waals surface area contributed by atoms with Crippen LogP contribution in [0.4, 0.5) is 0 Å². The summed E-state index contributed by atoms with van der Waals surface area (Å²) >= 11 is 0. The Bertz CT molecular complexity index is 617. The van der Waals surface area contributed by atoms with Gasteiger partial charge in [0.15, 0.2) is 0 Å². The highest BCUT2D eigenvalue weighted by Gasteiger charge is 2.33. The van der Waals surface area contributed by atoms with Crippen LogP contribution >= 0.6 is 7.92 Å². The van der Waals surface area contributed by atoms with Crippen molar-refractivity contribution < 1.29 is 4.74 Å². The third-order valence-corrected chi connectivity index (χ3v) is 7.59. The average Bonchev–Trinajstić information content (AvgIpc) is 3.00.